The van der Waals surface area contributed by atoms with Crippen LogP contribution >= 0.6 is 0 Å². The van der Waals surface area contributed by atoms with Gasteiger partial charge in [-0.25, -0.2) is 4.79 Å². The summed E-state index contributed by atoms with van der Waals surface area (Å²) < 4.78 is 9.96. The number of esters is 1. The SMILES string of the molecule is COC(=O)c1ccccc1N=Cc1ccc(C=N)o1. The fraction of sp³-hybridized carbons (Fsp3) is 0.0714. The van der Waals surface area contributed by atoms with Crippen LogP contribution in [0.1, 0.15) is 21.9 Å². The molecule has 0 radical (unpaired) electrons. The summed E-state index contributed by atoms with van der Waals surface area (Å²) in [6.07, 6.45) is 2.61. The summed E-state index contributed by atoms with van der Waals surface area (Å²) in [5.41, 5.74) is 0.891. The molecule has 5 heteroatoms. The Kier molecular flexibility index (Phi) is 3.87. The first kappa shape index (κ1) is 12.8. The highest BCUT2D eigenvalue weighted by Crippen LogP contribution is 2.19. The van der Waals surface area contributed by atoms with Gasteiger partial charge in [0.1, 0.15) is 11.5 Å². The molecule has 0 aliphatic rings. The van der Waals surface area contributed by atoms with Crippen LogP contribution in [-0.2, 0) is 4.74 Å². The van der Waals surface area contributed by atoms with Crippen molar-refractivity contribution in [3.05, 3.63) is 53.5 Å². The highest BCUT2D eigenvalue weighted by atomic mass is 16.5. The van der Waals surface area contributed by atoms with Gasteiger partial charge in [0.05, 0.1) is 30.8 Å². The number of benzene rings is 1. The Labute approximate surface area is 110 Å². The molecule has 0 spiro atoms. The molecule has 96 valence electrons. The maximum Gasteiger partial charge on any atom is 0.340 e. The molecule has 1 N–H and O–H groups in total. The first-order valence-corrected chi connectivity index (χ1v) is 5.56. The standard InChI is InChI=1S/C14H12N2O3/c1-18-14(17)12-4-2-3-5-13(12)16-9-11-7-6-10(8-15)19-11/h2-9,15H,1H3. The van der Waals surface area contributed by atoms with Gasteiger partial charge in [0, 0.05) is 0 Å². The molecule has 1 aromatic heterocycles. The minimum atomic E-state index is -0.438. The van der Waals surface area contributed by atoms with Crippen molar-refractivity contribution in [3.8, 4) is 0 Å². The number of nitrogens with one attached hydrogen (secondary N) is 1. The number of furan rings is 1. The predicted octanol–water partition coefficient (Wildman–Crippen LogP) is 2.81. The van der Waals surface area contributed by atoms with Crippen LogP contribution in [0.15, 0.2) is 45.8 Å². The van der Waals surface area contributed by atoms with Crippen LogP contribution in [0, 0.1) is 5.41 Å². The number of carbonyl (C=O) groups excluding carboxylic acids is 1. The van der Waals surface area contributed by atoms with Gasteiger partial charge in [0.25, 0.3) is 0 Å². The van der Waals surface area contributed by atoms with E-state index in [-0.39, 0.29) is 0 Å². The van der Waals surface area contributed by atoms with E-state index in [1.807, 2.05) is 0 Å². The van der Waals surface area contributed by atoms with Crippen molar-refractivity contribution in [1.82, 2.24) is 0 Å². The first-order chi connectivity index (χ1) is 9.24. The van der Waals surface area contributed by atoms with E-state index in [0.717, 1.165) is 6.21 Å². The highest BCUT2D eigenvalue weighted by Gasteiger charge is 2.09. The molecule has 0 saturated heterocycles. The molecule has 19 heavy (non-hydrogen) atoms. The topological polar surface area (TPSA) is 75.7 Å². The van der Waals surface area contributed by atoms with Gasteiger partial charge >= 0.3 is 5.97 Å². The number of hydrogen-bond donors (Lipinski definition) is 1. The fourth-order valence-corrected chi connectivity index (χ4v) is 1.52. The second-order valence-electron chi connectivity index (χ2n) is 3.65. The van der Waals surface area contributed by atoms with Crippen LogP contribution in [0.4, 0.5) is 5.69 Å². The van der Waals surface area contributed by atoms with E-state index in [1.54, 1.807) is 36.4 Å². The van der Waals surface area contributed by atoms with Crippen molar-refractivity contribution in [2.75, 3.05) is 7.11 Å². The summed E-state index contributed by atoms with van der Waals surface area (Å²) in [7, 11) is 1.33. The second-order valence-corrected chi connectivity index (χ2v) is 3.65. The lowest BCUT2D eigenvalue weighted by Gasteiger charge is -2.02. The number of carbonyl (C=O) groups is 1. The second kappa shape index (κ2) is 5.77. The van der Waals surface area contributed by atoms with Crippen molar-refractivity contribution in [2.45, 2.75) is 0 Å². The minimum Gasteiger partial charge on any atom is -0.465 e. The van der Waals surface area contributed by atoms with Gasteiger partial charge in [-0.05, 0) is 24.3 Å². The minimum absolute atomic E-state index is 0.389. The lowest BCUT2D eigenvalue weighted by molar-refractivity contribution is 0.0601. The van der Waals surface area contributed by atoms with E-state index in [9.17, 15) is 4.79 Å². The van der Waals surface area contributed by atoms with E-state index in [4.69, 9.17) is 9.83 Å². The van der Waals surface area contributed by atoms with Crippen molar-refractivity contribution >= 4 is 24.1 Å². The molecular weight excluding hydrogens is 244 g/mol. The molecule has 1 aromatic carbocycles. The highest BCUT2D eigenvalue weighted by molar-refractivity contribution is 5.96. The lowest BCUT2D eigenvalue weighted by atomic mass is 10.2. The first-order valence-electron chi connectivity index (χ1n) is 5.56. The van der Waals surface area contributed by atoms with E-state index in [2.05, 4.69) is 9.73 Å². The maximum absolute atomic E-state index is 11.5. The molecule has 0 aliphatic carbocycles. The largest absolute Gasteiger partial charge is 0.465 e. The Balaban J connectivity index is 2.27. The Morgan fingerprint density at radius 2 is 2.00 bits per heavy atom. The zero-order valence-corrected chi connectivity index (χ0v) is 10.3. The van der Waals surface area contributed by atoms with Gasteiger partial charge in [-0.1, -0.05) is 12.1 Å². The number of aliphatic imine (C=N–C) groups is 1. The summed E-state index contributed by atoms with van der Waals surface area (Å²) in [5, 5.41) is 7.04. The fourth-order valence-electron chi connectivity index (χ4n) is 1.52. The number of hydrogen-bond acceptors (Lipinski definition) is 5. The quantitative estimate of drug-likeness (QED) is 0.675. The number of methoxy groups -OCH3 is 1. The lowest BCUT2D eigenvalue weighted by Crippen LogP contribution is -2.01. The summed E-state index contributed by atoms with van der Waals surface area (Å²) in [6, 6.07) is 10.2. The van der Waals surface area contributed by atoms with Crippen molar-refractivity contribution in [1.29, 1.82) is 5.41 Å². The maximum atomic E-state index is 11.5. The summed E-state index contributed by atoms with van der Waals surface area (Å²) in [5.74, 6) is 0.522. The zero-order valence-electron chi connectivity index (χ0n) is 10.3. The zero-order chi connectivity index (χ0) is 13.7. The molecule has 5 nitrogen and oxygen atoms in total. The van der Waals surface area contributed by atoms with Gasteiger partial charge in [-0.2, -0.15) is 0 Å². The molecule has 0 amide bonds. The third-order valence-corrected chi connectivity index (χ3v) is 2.43. The van der Waals surface area contributed by atoms with E-state index in [0.29, 0.717) is 22.8 Å². The van der Waals surface area contributed by atoms with Gasteiger partial charge in [0.2, 0.25) is 0 Å². The third kappa shape index (κ3) is 2.95. The average Bonchev–Trinajstić information content (AvgIpc) is 2.92. The Hall–Kier alpha value is -2.69. The van der Waals surface area contributed by atoms with Crippen LogP contribution < -0.4 is 0 Å². The van der Waals surface area contributed by atoms with E-state index in [1.165, 1.54) is 13.3 Å². The molecule has 0 atom stereocenters. The Morgan fingerprint density at radius 1 is 1.26 bits per heavy atom. The van der Waals surface area contributed by atoms with E-state index < -0.39 is 5.97 Å². The number of nitrogens with zero attached hydrogens (tertiary/aromatic N) is 1. The van der Waals surface area contributed by atoms with Gasteiger partial charge in [-0.15, -0.1) is 0 Å². The number of ether oxygens (including phenoxy) is 1. The molecule has 0 aliphatic heterocycles. The average molecular weight is 256 g/mol. The predicted molar refractivity (Wildman–Crippen MR) is 71.6 cm³/mol. The van der Waals surface area contributed by atoms with E-state index >= 15 is 0 Å². The Morgan fingerprint density at radius 3 is 2.68 bits per heavy atom. The molecule has 0 unspecified atom stereocenters. The van der Waals surface area contributed by atoms with Crippen LogP contribution in [0.25, 0.3) is 0 Å². The summed E-state index contributed by atoms with van der Waals surface area (Å²) in [4.78, 5) is 15.7. The molecule has 1 heterocycles. The molecular formula is C14H12N2O3. The molecule has 0 bridgehead atoms. The van der Waals surface area contributed by atoms with Crippen molar-refractivity contribution in [3.63, 3.8) is 0 Å². The smallest absolute Gasteiger partial charge is 0.340 e. The van der Waals surface area contributed by atoms with Crippen LogP contribution in [-0.4, -0.2) is 25.5 Å². The molecule has 0 fully saturated rings. The van der Waals surface area contributed by atoms with Crippen molar-refractivity contribution in [2.24, 2.45) is 4.99 Å². The molecule has 2 rings (SSSR count). The summed E-state index contributed by atoms with van der Waals surface area (Å²) in [6.45, 7) is 0. The van der Waals surface area contributed by atoms with Gasteiger partial charge < -0.3 is 14.6 Å². The van der Waals surface area contributed by atoms with Crippen LogP contribution in [0.5, 0.6) is 0 Å². The summed E-state index contributed by atoms with van der Waals surface area (Å²) >= 11 is 0. The van der Waals surface area contributed by atoms with Crippen molar-refractivity contribution < 1.29 is 13.9 Å². The monoisotopic (exact) mass is 256 g/mol. The normalized spacial score (nSPS) is 10.6. The van der Waals surface area contributed by atoms with Gasteiger partial charge in [-0.3, -0.25) is 4.99 Å². The van der Waals surface area contributed by atoms with Crippen LogP contribution in [0.2, 0.25) is 0 Å². The molecule has 2 aromatic rings. The Bertz CT molecular complexity index is 629. The molecule has 0 saturated carbocycles. The number of para-hydroxylation sites is 1. The van der Waals surface area contributed by atoms with Gasteiger partial charge in [0.15, 0.2) is 0 Å². The van der Waals surface area contributed by atoms with Crippen LogP contribution in [0.3, 0.4) is 0 Å². The third-order valence-electron chi connectivity index (χ3n) is 2.43. The number of rotatable bonds is 4.